The summed E-state index contributed by atoms with van der Waals surface area (Å²) in [5.41, 5.74) is -0.0740. The number of alkyl halides is 3. The molecule has 0 radical (unpaired) electrons. The molecule has 3 rings (SSSR count). The van der Waals surface area contributed by atoms with Crippen LogP contribution < -0.4 is 0 Å². The van der Waals surface area contributed by atoms with E-state index in [9.17, 15) is 21.6 Å². The van der Waals surface area contributed by atoms with Crippen LogP contribution in [0.3, 0.4) is 0 Å². The summed E-state index contributed by atoms with van der Waals surface area (Å²) in [7, 11) is -2.08. The van der Waals surface area contributed by atoms with Crippen molar-refractivity contribution in [1.82, 2.24) is 9.78 Å². The summed E-state index contributed by atoms with van der Waals surface area (Å²) in [5.74, 6) is -0.340. The van der Waals surface area contributed by atoms with E-state index < -0.39 is 21.7 Å². The molecule has 9 heteroatoms. The molecular formula is C19H21F3N2O3S. The number of hydrogen-bond donors (Lipinski definition) is 0. The lowest BCUT2D eigenvalue weighted by Crippen LogP contribution is -2.12. The van der Waals surface area contributed by atoms with Crippen molar-refractivity contribution < 1.29 is 26.3 Å². The molecule has 152 valence electrons. The number of sulfone groups is 1. The first-order valence-corrected chi connectivity index (χ1v) is 10.7. The van der Waals surface area contributed by atoms with E-state index in [0.717, 1.165) is 23.8 Å². The van der Waals surface area contributed by atoms with Crippen LogP contribution in [0.15, 0.2) is 41.4 Å². The van der Waals surface area contributed by atoms with E-state index in [1.807, 2.05) is 6.08 Å². The first-order chi connectivity index (χ1) is 13.1. The maximum atomic E-state index is 13.6. The number of aromatic nitrogens is 2. The van der Waals surface area contributed by atoms with Crippen LogP contribution in [0.2, 0.25) is 0 Å². The third-order valence-electron chi connectivity index (χ3n) is 4.67. The van der Waals surface area contributed by atoms with Crippen molar-refractivity contribution in [3.8, 4) is 5.69 Å². The van der Waals surface area contributed by atoms with Crippen LogP contribution in [0.25, 0.3) is 5.69 Å². The molecule has 1 aliphatic rings. The Hall–Kier alpha value is -2.13. The molecule has 0 N–H and O–H groups in total. The molecule has 1 aromatic carbocycles. The Bertz CT molecular complexity index is 994. The molecule has 1 aromatic heterocycles. The molecule has 28 heavy (non-hydrogen) atoms. The van der Waals surface area contributed by atoms with Gasteiger partial charge in [-0.05, 0) is 43.0 Å². The van der Waals surface area contributed by atoms with Gasteiger partial charge in [0.05, 0.1) is 17.2 Å². The molecule has 0 fully saturated rings. The minimum Gasteiger partial charge on any atom is -0.380 e. The molecule has 1 heterocycles. The first-order valence-electron chi connectivity index (χ1n) is 8.77. The highest BCUT2D eigenvalue weighted by atomic mass is 32.2. The van der Waals surface area contributed by atoms with E-state index in [-0.39, 0.29) is 23.0 Å². The van der Waals surface area contributed by atoms with E-state index in [4.69, 9.17) is 4.74 Å². The summed E-state index contributed by atoms with van der Waals surface area (Å²) < 4.78 is 70.7. The second kappa shape index (κ2) is 7.71. The number of benzene rings is 1. The molecule has 0 saturated heterocycles. The average Bonchev–Trinajstić information content (AvgIpc) is 3.08. The molecule has 0 spiro atoms. The van der Waals surface area contributed by atoms with Gasteiger partial charge in [-0.3, -0.25) is 0 Å². The average molecular weight is 414 g/mol. The largest absolute Gasteiger partial charge is 0.435 e. The number of allylic oxidation sites excluding steroid dienone is 2. The zero-order valence-electron chi connectivity index (χ0n) is 15.5. The van der Waals surface area contributed by atoms with Crippen molar-refractivity contribution in [2.75, 3.05) is 13.4 Å². The lowest BCUT2D eigenvalue weighted by atomic mass is 9.89. The highest BCUT2D eigenvalue weighted by molar-refractivity contribution is 7.90. The van der Waals surface area contributed by atoms with Gasteiger partial charge in [0.1, 0.15) is 0 Å². The number of halogens is 3. The molecule has 2 aromatic rings. The molecular weight excluding hydrogens is 393 g/mol. The standard InChI is InChI=1S/C19H21F3N2O3S/c1-27-12-14-10-15(8-9-17(14)28(2,25)26)24-11-16(13-6-4-3-5-7-13)18(23-24)19(20,21)22/h4,6,8-11,13H,3,5,7,12H2,1-2H3. The van der Waals surface area contributed by atoms with Crippen LogP contribution in [0, 0.1) is 0 Å². The van der Waals surface area contributed by atoms with Gasteiger partial charge in [-0.2, -0.15) is 18.3 Å². The third-order valence-corrected chi connectivity index (χ3v) is 5.87. The van der Waals surface area contributed by atoms with E-state index in [2.05, 4.69) is 5.10 Å². The fraction of sp³-hybridized carbons (Fsp3) is 0.421. The predicted octanol–water partition coefficient (Wildman–Crippen LogP) is 4.26. The van der Waals surface area contributed by atoms with Crippen LogP contribution in [-0.2, 0) is 27.4 Å². The highest BCUT2D eigenvalue weighted by Crippen LogP contribution is 2.38. The summed E-state index contributed by atoms with van der Waals surface area (Å²) >= 11 is 0. The zero-order valence-corrected chi connectivity index (χ0v) is 16.3. The summed E-state index contributed by atoms with van der Waals surface area (Å²) in [6.07, 6.45) is 3.89. The maximum Gasteiger partial charge on any atom is 0.435 e. The summed E-state index contributed by atoms with van der Waals surface area (Å²) in [5, 5.41) is 3.79. The zero-order chi connectivity index (χ0) is 20.5. The molecule has 1 unspecified atom stereocenters. The normalized spacial score (nSPS) is 17.8. The topological polar surface area (TPSA) is 61.2 Å². The van der Waals surface area contributed by atoms with Crippen molar-refractivity contribution in [2.24, 2.45) is 0 Å². The van der Waals surface area contributed by atoms with Gasteiger partial charge in [0, 0.05) is 31.0 Å². The Labute approximate surface area is 161 Å². The first kappa shape index (κ1) is 20.6. The van der Waals surface area contributed by atoms with Crippen molar-refractivity contribution >= 4 is 9.84 Å². The van der Waals surface area contributed by atoms with Gasteiger partial charge >= 0.3 is 6.18 Å². The molecule has 0 bridgehead atoms. The SMILES string of the molecule is COCc1cc(-n2cc(C3C=CCCC3)c(C(F)(F)F)n2)ccc1S(C)(=O)=O. The van der Waals surface area contributed by atoms with Gasteiger partial charge in [0.2, 0.25) is 0 Å². The predicted molar refractivity (Wildman–Crippen MR) is 98.1 cm³/mol. The van der Waals surface area contributed by atoms with Crippen LogP contribution in [-0.4, -0.2) is 31.6 Å². The van der Waals surface area contributed by atoms with Crippen LogP contribution in [0.4, 0.5) is 13.2 Å². The molecule has 0 saturated carbocycles. The van der Waals surface area contributed by atoms with Crippen LogP contribution >= 0.6 is 0 Å². The minimum atomic E-state index is -4.58. The third kappa shape index (κ3) is 4.30. The van der Waals surface area contributed by atoms with Gasteiger partial charge in [-0.25, -0.2) is 13.1 Å². The monoisotopic (exact) mass is 414 g/mol. The van der Waals surface area contributed by atoms with Gasteiger partial charge < -0.3 is 4.74 Å². The molecule has 0 aliphatic heterocycles. The van der Waals surface area contributed by atoms with E-state index in [1.165, 1.54) is 31.5 Å². The van der Waals surface area contributed by atoms with Crippen molar-refractivity contribution in [3.05, 3.63) is 53.4 Å². The smallest absolute Gasteiger partial charge is 0.380 e. The summed E-state index contributed by atoms with van der Waals surface area (Å²) in [4.78, 5) is 0.0803. The van der Waals surface area contributed by atoms with Gasteiger partial charge in [-0.1, -0.05) is 12.2 Å². The fourth-order valence-electron chi connectivity index (χ4n) is 3.42. The summed E-state index contributed by atoms with van der Waals surface area (Å²) in [6, 6.07) is 4.31. The Balaban J connectivity index is 2.11. The Kier molecular flexibility index (Phi) is 5.67. The molecule has 1 atom stereocenters. The number of hydrogen-bond acceptors (Lipinski definition) is 4. The highest BCUT2D eigenvalue weighted by Gasteiger charge is 2.39. The Morgan fingerprint density at radius 1 is 1.32 bits per heavy atom. The van der Waals surface area contributed by atoms with Gasteiger partial charge in [-0.15, -0.1) is 0 Å². The van der Waals surface area contributed by atoms with Crippen molar-refractivity contribution in [2.45, 2.75) is 42.9 Å². The lowest BCUT2D eigenvalue weighted by Gasteiger charge is -2.16. The van der Waals surface area contributed by atoms with Crippen LogP contribution in [0.1, 0.15) is 42.0 Å². The summed E-state index contributed by atoms with van der Waals surface area (Å²) in [6.45, 7) is 0.0157. The number of methoxy groups -OCH3 is 1. The lowest BCUT2D eigenvalue weighted by molar-refractivity contribution is -0.142. The number of rotatable bonds is 5. The van der Waals surface area contributed by atoms with E-state index in [0.29, 0.717) is 17.7 Å². The van der Waals surface area contributed by atoms with Crippen molar-refractivity contribution in [3.63, 3.8) is 0 Å². The van der Waals surface area contributed by atoms with Gasteiger partial charge in [0.15, 0.2) is 15.5 Å². The van der Waals surface area contributed by atoms with Gasteiger partial charge in [0.25, 0.3) is 0 Å². The molecule has 1 aliphatic carbocycles. The van der Waals surface area contributed by atoms with E-state index >= 15 is 0 Å². The minimum absolute atomic E-state index is 0.0157. The van der Waals surface area contributed by atoms with E-state index in [1.54, 1.807) is 6.08 Å². The number of ether oxygens (including phenoxy) is 1. The fourth-order valence-corrected chi connectivity index (χ4v) is 4.33. The Morgan fingerprint density at radius 2 is 2.07 bits per heavy atom. The molecule has 5 nitrogen and oxygen atoms in total. The second-order valence-corrected chi connectivity index (χ2v) is 8.82. The quantitative estimate of drug-likeness (QED) is 0.686. The van der Waals surface area contributed by atoms with Crippen LogP contribution in [0.5, 0.6) is 0 Å². The second-order valence-electron chi connectivity index (χ2n) is 6.84. The number of nitrogens with zero attached hydrogens (tertiary/aromatic N) is 2. The molecule has 0 amide bonds. The maximum absolute atomic E-state index is 13.6. The van der Waals surface area contributed by atoms with Crippen molar-refractivity contribution in [1.29, 1.82) is 0 Å². The Morgan fingerprint density at radius 3 is 2.64 bits per heavy atom.